The zero-order valence-electron chi connectivity index (χ0n) is 9.87. The van der Waals surface area contributed by atoms with E-state index in [4.69, 9.17) is 0 Å². The predicted molar refractivity (Wildman–Crippen MR) is 60.1 cm³/mol. The van der Waals surface area contributed by atoms with Crippen molar-refractivity contribution < 1.29 is 23.1 Å². The largest absolute Gasteiger partial charge is 0.508 e. The number of phenols is 1. The first-order valence-corrected chi connectivity index (χ1v) is 5.45. The van der Waals surface area contributed by atoms with Crippen molar-refractivity contribution in [2.75, 3.05) is 13.1 Å². The Labute approximate surface area is 103 Å². The van der Waals surface area contributed by atoms with Gasteiger partial charge in [0.05, 0.1) is 6.42 Å². The summed E-state index contributed by atoms with van der Waals surface area (Å²) in [5, 5.41) is 9.45. The summed E-state index contributed by atoms with van der Waals surface area (Å²) in [6, 6.07) is 6.09. The number of nitrogens with zero attached hydrogens (tertiary/aromatic N) is 1. The Hall–Kier alpha value is -1.72. The molecule has 1 aromatic carbocycles. The number of carbonyl (C=O) groups excluding carboxylic acids is 1. The molecule has 0 fully saturated rings. The fraction of sp³-hybridized carbons (Fsp3) is 0.417. The van der Waals surface area contributed by atoms with Crippen molar-refractivity contribution in [2.24, 2.45) is 0 Å². The molecule has 3 nitrogen and oxygen atoms in total. The fourth-order valence-electron chi connectivity index (χ4n) is 1.53. The highest BCUT2D eigenvalue weighted by Crippen LogP contribution is 2.19. The number of rotatable bonds is 4. The van der Waals surface area contributed by atoms with Gasteiger partial charge in [-0.2, -0.15) is 13.2 Å². The van der Waals surface area contributed by atoms with Gasteiger partial charge in [-0.25, -0.2) is 0 Å². The van der Waals surface area contributed by atoms with Crippen molar-refractivity contribution in [3.05, 3.63) is 29.8 Å². The Morgan fingerprint density at radius 2 is 1.94 bits per heavy atom. The third-order valence-electron chi connectivity index (χ3n) is 2.44. The van der Waals surface area contributed by atoms with E-state index in [1.165, 1.54) is 19.1 Å². The van der Waals surface area contributed by atoms with Gasteiger partial charge < -0.3 is 10.0 Å². The van der Waals surface area contributed by atoms with Crippen LogP contribution in [0, 0.1) is 0 Å². The summed E-state index contributed by atoms with van der Waals surface area (Å²) in [6.45, 7) is 0.191. The predicted octanol–water partition coefficient (Wildman–Crippen LogP) is 2.35. The van der Waals surface area contributed by atoms with E-state index >= 15 is 0 Å². The Kier molecular flexibility index (Phi) is 4.58. The second-order valence-electron chi connectivity index (χ2n) is 3.83. The number of amides is 1. The minimum absolute atomic E-state index is 0.0219. The van der Waals surface area contributed by atoms with Gasteiger partial charge in [0.2, 0.25) is 5.91 Å². The lowest BCUT2D eigenvalue weighted by Crippen LogP contribution is -2.39. The van der Waals surface area contributed by atoms with Gasteiger partial charge in [0, 0.05) is 12.1 Å². The summed E-state index contributed by atoms with van der Waals surface area (Å²) in [7, 11) is 0. The molecule has 100 valence electrons. The molecular formula is C12H14F3NO2. The molecule has 0 aromatic heterocycles. The molecule has 18 heavy (non-hydrogen) atoms. The number of hydrogen-bond acceptors (Lipinski definition) is 2. The van der Waals surface area contributed by atoms with Crippen molar-refractivity contribution in [3.8, 4) is 5.75 Å². The van der Waals surface area contributed by atoms with E-state index in [2.05, 4.69) is 0 Å². The molecule has 0 bridgehead atoms. The molecule has 0 aliphatic carbocycles. The van der Waals surface area contributed by atoms with Crippen molar-refractivity contribution in [3.63, 3.8) is 0 Å². The summed E-state index contributed by atoms with van der Waals surface area (Å²) in [4.78, 5) is 12.4. The van der Waals surface area contributed by atoms with Crippen molar-refractivity contribution in [2.45, 2.75) is 19.5 Å². The first-order valence-electron chi connectivity index (χ1n) is 5.45. The highest BCUT2D eigenvalue weighted by atomic mass is 19.4. The van der Waals surface area contributed by atoms with Crippen LogP contribution in [-0.4, -0.2) is 35.2 Å². The maximum absolute atomic E-state index is 12.2. The zero-order valence-corrected chi connectivity index (χ0v) is 9.87. The molecule has 1 N–H and O–H groups in total. The van der Waals surface area contributed by atoms with Crippen LogP contribution in [0.4, 0.5) is 13.2 Å². The highest BCUT2D eigenvalue weighted by molar-refractivity contribution is 5.79. The fourth-order valence-corrected chi connectivity index (χ4v) is 1.53. The minimum Gasteiger partial charge on any atom is -0.508 e. The molecule has 1 rings (SSSR count). The quantitative estimate of drug-likeness (QED) is 0.903. The lowest BCUT2D eigenvalue weighted by molar-refractivity contribution is -0.160. The molecule has 1 aromatic rings. The van der Waals surface area contributed by atoms with Gasteiger partial charge in [0.25, 0.3) is 0 Å². The summed E-state index contributed by atoms with van der Waals surface area (Å²) in [5.41, 5.74) is 0.322. The number of hydrogen-bond donors (Lipinski definition) is 1. The van der Waals surface area contributed by atoms with Crippen molar-refractivity contribution in [1.29, 1.82) is 0 Å². The van der Waals surface area contributed by atoms with Gasteiger partial charge in [-0.3, -0.25) is 4.79 Å². The number of phenolic OH excluding ortho intramolecular Hbond substituents is 1. The van der Waals surface area contributed by atoms with E-state index in [0.717, 1.165) is 0 Å². The van der Waals surface area contributed by atoms with E-state index in [9.17, 15) is 23.1 Å². The maximum atomic E-state index is 12.2. The van der Waals surface area contributed by atoms with Crippen LogP contribution >= 0.6 is 0 Å². The monoisotopic (exact) mass is 261 g/mol. The van der Waals surface area contributed by atoms with Crippen LogP contribution in [0.25, 0.3) is 0 Å². The van der Waals surface area contributed by atoms with Crippen molar-refractivity contribution in [1.82, 2.24) is 4.90 Å². The van der Waals surface area contributed by atoms with Gasteiger partial charge in [-0.1, -0.05) is 18.2 Å². The maximum Gasteiger partial charge on any atom is 0.406 e. The smallest absolute Gasteiger partial charge is 0.406 e. The van der Waals surface area contributed by atoms with Gasteiger partial charge in [-0.05, 0) is 13.0 Å². The Bertz CT molecular complexity index is 418. The van der Waals surface area contributed by atoms with E-state index in [0.29, 0.717) is 10.5 Å². The molecule has 0 aliphatic rings. The first-order chi connectivity index (χ1) is 8.33. The van der Waals surface area contributed by atoms with Crippen LogP contribution in [0.5, 0.6) is 5.75 Å². The summed E-state index contributed by atoms with van der Waals surface area (Å²) in [5.74, 6) is -0.745. The third kappa shape index (κ3) is 4.27. The van der Waals surface area contributed by atoms with Crippen LogP contribution in [0.1, 0.15) is 12.5 Å². The van der Waals surface area contributed by atoms with E-state index in [-0.39, 0.29) is 18.7 Å². The normalized spacial score (nSPS) is 11.3. The van der Waals surface area contributed by atoms with Crippen LogP contribution in [-0.2, 0) is 11.2 Å². The number of alkyl halides is 3. The van der Waals surface area contributed by atoms with Crippen LogP contribution in [0.3, 0.4) is 0 Å². The summed E-state index contributed by atoms with van der Waals surface area (Å²) in [6.07, 6.45) is -4.65. The molecule has 6 heteroatoms. The molecule has 0 atom stereocenters. The van der Waals surface area contributed by atoms with E-state index in [1.807, 2.05) is 0 Å². The number of aromatic hydroxyl groups is 1. The standard InChI is InChI=1S/C12H14F3NO2/c1-2-16(8-12(13,14)15)11(18)7-9-5-3-4-6-10(9)17/h3-6,17H,2,7-8H2,1H3. The lowest BCUT2D eigenvalue weighted by Gasteiger charge is -2.22. The van der Waals surface area contributed by atoms with E-state index in [1.54, 1.807) is 12.1 Å². The Morgan fingerprint density at radius 3 is 2.44 bits per heavy atom. The molecule has 0 saturated carbocycles. The average molecular weight is 261 g/mol. The lowest BCUT2D eigenvalue weighted by atomic mass is 10.1. The van der Waals surface area contributed by atoms with Crippen LogP contribution in [0.2, 0.25) is 0 Å². The highest BCUT2D eigenvalue weighted by Gasteiger charge is 2.32. The topological polar surface area (TPSA) is 40.5 Å². The molecule has 0 heterocycles. The second kappa shape index (κ2) is 5.75. The zero-order chi connectivity index (χ0) is 13.8. The third-order valence-corrected chi connectivity index (χ3v) is 2.44. The number of carbonyl (C=O) groups is 1. The summed E-state index contributed by atoms with van der Waals surface area (Å²) >= 11 is 0. The molecule has 0 radical (unpaired) electrons. The molecule has 1 amide bonds. The SMILES string of the molecule is CCN(CC(F)(F)F)C(=O)Cc1ccccc1O. The van der Waals surface area contributed by atoms with Gasteiger partial charge in [0.1, 0.15) is 12.3 Å². The number of likely N-dealkylation sites (N-methyl/N-ethyl adjacent to an activating group) is 1. The number of para-hydroxylation sites is 1. The molecule has 0 saturated heterocycles. The molecule has 0 unspecified atom stereocenters. The molecular weight excluding hydrogens is 247 g/mol. The van der Waals surface area contributed by atoms with Gasteiger partial charge >= 0.3 is 6.18 Å². The first kappa shape index (κ1) is 14.3. The van der Waals surface area contributed by atoms with Gasteiger partial charge in [-0.15, -0.1) is 0 Å². The average Bonchev–Trinajstić information content (AvgIpc) is 2.27. The molecule has 0 aliphatic heterocycles. The summed E-state index contributed by atoms with van der Waals surface area (Å²) < 4.78 is 36.7. The molecule has 0 spiro atoms. The van der Waals surface area contributed by atoms with Crippen LogP contribution in [0.15, 0.2) is 24.3 Å². The Balaban J connectivity index is 2.72. The van der Waals surface area contributed by atoms with Crippen molar-refractivity contribution >= 4 is 5.91 Å². The van der Waals surface area contributed by atoms with Crippen LogP contribution < -0.4 is 0 Å². The minimum atomic E-state index is -4.41. The van der Waals surface area contributed by atoms with E-state index < -0.39 is 18.6 Å². The number of benzene rings is 1. The second-order valence-corrected chi connectivity index (χ2v) is 3.83. The van der Waals surface area contributed by atoms with Gasteiger partial charge in [0.15, 0.2) is 0 Å². The number of halogens is 3. The Morgan fingerprint density at radius 1 is 1.33 bits per heavy atom.